The third kappa shape index (κ3) is 1.46. The molecule has 0 aromatic heterocycles. The van der Waals surface area contributed by atoms with E-state index in [4.69, 9.17) is 10.5 Å². The third-order valence-corrected chi connectivity index (χ3v) is 1.73. The summed E-state index contributed by atoms with van der Waals surface area (Å²) in [5, 5.41) is 0. The summed E-state index contributed by atoms with van der Waals surface area (Å²) >= 11 is 0. The van der Waals surface area contributed by atoms with Crippen molar-refractivity contribution in [2.24, 2.45) is 5.73 Å². The van der Waals surface area contributed by atoms with Gasteiger partial charge in [0.25, 0.3) is 0 Å². The van der Waals surface area contributed by atoms with Crippen LogP contribution in [0.4, 0.5) is 0 Å². The van der Waals surface area contributed by atoms with Crippen molar-refractivity contribution in [3.8, 4) is 0 Å². The summed E-state index contributed by atoms with van der Waals surface area (Å²) in [5.74, 6) is 0. The van der Waals surface area contributed by atoms with Crippen LogP contribution >= 0.6 is 0 Å². The fourth-order valence-electron chi connectivity index (χ4n) is 1.10. The molecule has 10 heavy (non-hydrogen) atoms. The normalized spacial score (nSPS) is 24.6. The van der Waals surface area contributed by atoms with Gasteiger partial charge in [-0.05, 0) is 12.0 Å². The summed E-state index contributed by atoms with van der Waals surface area (Å²) in [6.45, 7) is 0.600. The highest BCUT2D eigenvalue weighted by molar-refractivity contribution is 5.23. The van der Waals surface area contributed by atoms with Crippen LogP contribution in [0, 0.1) is 0 Å². The Balaban J connectivity index is 2.61. The number of rotatable bonds is 2. The number of nitrogens with two attached hydrogens (primary N) is 1. The predicted octanol–water partition coefficient (Wildman–Crippen LogP) is 0.846. The molecule has 1 rings (SSSR count). The number of ether oxygens (including phenoxy) is 1. The maximum absolute atomic E-state index is 5.49. The minimum absolute atomic E-state index is 0.218. The van der Waals surface area contributed by atoms with Crippen LogP contribution in [-0.4, -0.2) is 19.8 Å². The molecule has 0 saturated carbocycles. The predicted molar refractivity (Wildman–Crippen MR) is 41.7 cm³/mol. The molecule has 56 valence electrons. The smallest absolute Gasteiger partial charge is 0.0831 e. The summed E-state index contributed by atoms with van der Waals surface area (Å²) in [7, 11) is 1.72. The van der Waals surface area contributed by atoms with Crippen molar-refractivity contribution < 1.29 is 4.74 Å². The molecule has 0 aliphatic heterocycles. The standard InChI is InChI=1S/C8H13NO/c1-10-8-5-3-2-4-7(8)6-9/h2-4,8H,5-6,9H2,1H3. The van der Waals surface area contributed by atoms with Gasteiger partial charge >= 0.3 is 0 Å². The van der Waals surface area contributed by atoms with Crippen LogP contribution in [0.2, 0.25) is 0 Å². The minimum atomic E-state index is 0.218. The second-order valence-corrected chi connectivity index (χ2v) is 2.33. The van der Waals surface area contributed by atoms with E-state index in [1.165, 1.54) is 5.57 Å². The lowest BCUT2D eigenvalue weighted by molar-refractivity contribution is 0.132. The van der Waals surface area contributed by atoms with Gasteiger partial charge < -0.3 is 10.5 Å². The third-order valence-electron chi connectivity index (χ3n) is 1.73. The van der Waals surface area contributed by atoms with Crippen molar-refractivity contribution in [1.29, 1.82) is 0 Å². The van der Waals surface area contributed by atoms with Gasteiger partial charge in [0.15, 0.2) is 0 Å². The fourth-order valence-corrected chi connectivity index (χ4v) is 1.10. The van der Waals surface area contributed by atoms with Crippen LogP contribution in [0.25, 0.3) is 0 Å². The van der Waals surface area contributed by atoms with Crippen LogP contribution in [-0.2, 0) is 4.74 Å². The SMILES string of the molecule is COC1CC=CC=C1CN. The molecule has 0 bridgehead atoms. The molecular weight excluding hydrogens is 126 g/mol. The van der Waals surface area contributed by atoms with Gasteiger partial charge in [-0.2, -0.15) is 0 Å². The Kier molecular flexibility index (Phi) is 2.66. The number of methoxy groups -OCH3 is 1. The Morgan fingerprint density at radius 1 is 1.80 bits per heavy atom. The highest BCUT2D eigenvalue weighted by Gasteiger charge is 2.11. The lowest BCUT2D eigenvalue weighted by Gasteiger charge is -2.18. The molecule has 1 aliphatic carbocycles. The largest absolute Gasteiger partial charge is 0.377 e. The highest BCUT2D eigenvalue weighted by Crippen LogP contribution is 2.14. The average Bonchev–Trinajstić information content (AvgIpc) is 2.04. The molecule has 0 aromatic carbocycles. The molecule has 0 heterocycles. The first-order valence-electron chi connectivity index (χ1n) is 3.47. The van der Waals surface area contributed by atoms with Gasteiger partial charge in [0.05, 0.1) is 6.10 Å². The molecule has 0 saturated heterocycles. The maximum atomic E-state index is 5.49. The first kappa shape index (κ1) is 7.51. The molecule has 0 fully saturated rings. The van der Waals surface area contributed by atoms with Gasteiger partial charge in [0.1, 0.15) is 0 Å². The first-order valence-corrected chi connectivity index (χ1v) is 3.47. The van der Waals surface area contributed by atoms with E-state index in [1.807, 2.05) is 12.2 Å². The van der Waals surface area contributed by atoms with Crippen LogP contribution in [0.15, 0.2) is 23.8 Å². The summed E-state index contributed by atoms with van der Waals surface area (Å²) in [6, 6.07) is 0. The molecule has 1 atom stereocenters. The van der Waals surface area contributed by atoms with Gasteiger partial charge in [-0.25, -0.2) is 0 Å². The maximum Gasteiger partial charge on any atom is 0.0831 e. The van der Waals surface area contributed by atoms with E-state index in [0.29, 0.717) is 6.54 Å². The molecule has 0 spiro atoms. The Morgan fingerprint density at radius 2 is 2.60 bits per heavy atom. The molecule has 0 radical (unpaired) electrons. The summed E-state index contributed by atoms with van der Waals surface area (Å²) in [5.41, 5.74) is 6.67. The topological polar surface area (TPSA) is 35.2 Å². The zero-order valence-electron chi connectivity index (χ0n) is 6.21. The summed E-state index contributed by atoms with van der Waals surface area (Å²) in [6.07, 6.45) is 7.32. The molecule has 1 unspecified atom stereocenters. The molecule has 0 aromatic rings. The van der Waals surface area contributed by atoms with Gasteiger partial charge in [0, 0.05) is 13.7 Å². The molecule has 0 amide bonds. The number of hydrogen-bond acceptors (Lipinski definition) is 2. The second kappa shape index (κ2) is 3.54. The van der Waals surface area contributed by atoms with E-state index in [9.17, 15) is 0 Å². The monoisotopic (exact) mass is 139 g/mol. The summed E-state index contributed by atoms with van der Waals surface area (Å²) in [4.78, 5) is 0. The van der Waals surface area contributed by atoms with Gasteiger partial charge in [-0.3, -0.25) is 0 Å². The zero-order chi connectivity index (χ0) is 7.40. The van der Waals surface area contributed by atoms with E-state index in [0.717, 1.165) is 6.42 Å². The lowest BCUT2D eigenvalue weighted by atomic mass is 10.0. The van der Waals surface area contributed by atoms with Gasteiger partial charge in [-0.1, -0.05) is 18.2 Å². The van der Waals surface area contributed by atoms with Crippen molar-refractivity contribution in [3.05, 3.63) is 23.8 Å². The van der Waals surface area contributed by atoms with Gasteiger partial charge in [-0.15, -0.1) is 0 Å². The van der Waals surface area contributed by atoms with Crippen molar-refractivity contribution in [2.45, 2.75) is 12.5 Å². The quantitative estimate of drug-likeness (QED) is 0.615. The minimum Gasteiger partial charge on any atom is -0.377 e. The van der Waals surface area contributed by atoms with E-state index in [-0.39, 0.29) is 6.10 Å². The van der Waals surface area contributed by atoms with E-state index < -0.39 is 0 Å². The number of hydrogen-bond donors (Lipinski definition) is 1. The Bertz CT molecular complexity index is 161. The Labute approximate surface area is 61.4 Å². The van der Waals surface area contributed by atoms with Crippen LogP contribution in [0.5, 0.6) is 0 Å². The average molecular weight is 139 g/mol. The second-order valence-electron chi connectivity index (χ2n) is 2.33. The molecule has 2 nitrogen and oxygen atoms in total. The first-order chi connectivity index (χ1) is 4.88. The molecule has 1 aliphatic rings. The van der Waals surface area contributed by atoms with Crippen molar-refractivity contribution in [3.63, 3.8) is 0 Å². The zero-order valence-corrected chi connectivity index (χ0v) is 6.21. The number of allylic oxidation sites excluding steroid dienone is 2. The van der Waals surface area contributed by atoms with Crippen LogP contribution < -0.4 is 5.73 Å². The van der Waals surface area contributed by atoms with E-state index in [2.05, 4.69) is 6.08 Å². The molecular formula is C8H13NO. The van der Waals surface area contributed by atoms with Crippen LogP contribution in [0.3, 0.4) is 0 Å². The van der Waals surface area contributed by atoms with E-state index >= 15 is 0 Å². The lowest BCUT2D eigenvalue weighted by Crippen LogP contribution is -2.20. The highest BCUT2D eigenvalue weighted by atomic mass is 16.5. The summed E-state index contributed by atoms with van der Waals surface area (Å²) < 4.78 is 5.20. The van der Waals surface area contributed by atoms with Gasteiger partial charge in [0.2, 0.25) is 0 Å². The van der Waals surface area contributed by atoms with Crippen molar-refractivity contribution in [1.82, 2.24) is 0 Å². The Morgan fingerprint density at radius 3 is 3.10 bits per heavy atom. The Hall–Kier alpha value is -0.600. The molecule has 2 heteroatoms. The van der Waals surface area contributed by atoms with E-state index in [1.54, 1.807) is 7.11 Å². The van der Waals surface area contributed by atoms with Crippen molar-refractivity contribution in [2.75, 3.05) is 13.7 Å². The van der Waals surface area contributed by atoms with Crippen LogP contribution in [0.1, 0.15) is 6.42 Å². The fraction of sp³-hybridized carbons (Fsp3) is 0.500. The molecule has 2 N–H and O–H groups in total. The van der Waals surface area contributed by atoms with Crippen molar-refractivity contribution >= 4 is 0 Å².